The van der Waals surface area contributed by atoms with Crippen molar-refractivity contribution in [2.24, 2.45) is 5.92 Å². The van der Waals surface area contributed by atoms with Gasteiger partial charge in [0.25, 0.3) is 0 Å². The smallest absolute Gasteiger partial charge is 0.247 e. The van der Waals surface area contributed by atoms with Gasteiger partial charge < -0.3 is 20.1 Å². The summed E-state index contributed by atoms with van der Waals surface area (Å²) in [5, 5.41) is 13.2. The van der Waals surface area contributed by atoms with Crippen LogP contribution in [0.4, 0.5) is 11.4 Å². The number of carbonyl (C=O) groups is 4. The zero-order chi connectivity index (χ0) is 18.0. The molecule has 1 aliphatic rings. The van der Waals surface area contributed by atoms with Crippen LogP contribution in [0.15, 0.2) is 54.6 Å². The van der Waals surface area contributed by atoms with Gasteiger partial charge in [0.15, 0.2) is 11.7 Å². The molecule has 0 radical (unpaired) electrons. The molecule has 2 amide bonds. The number of nitrogens with zero attached hydrogens (tertiary/aromatic N) is 1. The second kappa shape index (κ2) is 6.56. The standard InChI is InChI=1S/C18H14N2O5/c21-14-10-20(13-4-2-1-3-5-13)17(23)15(14)16(22)19-12-8-6-11(7-9-12)18(24)25/h1-9,15H,10H2,(H,19,22)(H,24,25)/p-1/t15-/m1/s1. The topological polar surface area (TPSA) is 107 Å². The highest BCUT2D eigenvalue weighted by Crippen LogP contribution is 2.24. The van der Waals surface area contributed by atoms with Crippen molar-refractivity contribution in [3.8, 4) is 0 Å². The second-order valence-electron chi connectivity index (χ2n) is 5.51. The first-order valence-corrected chi connectivity index (χ1v) is 7.49. The fraction of sp³-hybridized carbons (Fsp3) is 0.111. The average molecular weight is 337 g/mol. The van der Waals surface area contributed by atoms with Crippen molar-refractivity contribution in [3.63, 3.8) is 0 Å². The van der Waals surface area contributed by atoms with E-state index >= 15 is 0 Å². The normalized spacial score (nSPS) is 16.8. The highest BCUT2D eigenvalue weighted by Gasteiger charge is 2.44. The van der Waals surface area contributed by atoms with Crippen LogP contribution < -0.4 is 15.3 Å². The molecule has 1 saturated heterocycles. The third kappa shape index (κ3) is 3.25. The monoisotopic (exact) mass is 337 g/mol. The fourth-order valence-electron chi connectivity index (χ4n) is 2.61. The van der Waals surface area contributed by atoms with Crippen LogP contribution in [0.2, 0.25) is 0 Å². The molecule has 1 aliphatic heterocycles. The summed E-state index contributed by atoms with van der Waals surface area (Å²) in [7, 11) is 0. The largest absolute Gasteiger partial charge is 0.545 e. The molecule has 1 atom stereocenters. The van der Waals surface area contributed by atoms with Gasteiger partial charge in [-0.3, -0.25) is 14.4 Å². The zero-order valence-corrected chi connectivity index (χ0v) is 13.0. The summed E-state index contributed by atoms with van der Waals surface area (Å²) in [6.45, 7) is -0.162. The highest BCUT2D eigenvalue weighted by atomic mass is 16.4. The van der Waals surface area contributed by atoms with Crippen LogP contribution in [0, 0.1) is 5.92 Å². The molecule has 7 heteroatoms. The molecular formula is C18H13N2O5-. The molecule has 1 heterocycles. The van der Waals surface area contributed by atoms with Gasteiger partial charge in [-0.05, 0) is 29.8 Å². The lowest BCUT2D eigenvalue weighted by molar-refractivity contribution is -0.255. The Kier molecular flexibility index (Phi) is 4.30. The van der Waals surface area contributed by atoms with Crippen molar-refractivity contribution in [1.82, 2.24) is 0 Å². The van der Waals surface area contributed by atoms with Gasteiger partial charge in [-0.2, -0.15) is 0 Å². The average Bonchev–Trinajstić information content (AvgIpc) is 2.90. The number of aromatic carboxylic acids is 1. The van der Waals surface area contributed by atoms with Gasteiger partial charge in [0.1, 0.15) is 0 Å². The second-order valence-corrected chi connectivity index (χ2v) is 5.51. The molecule has 2 aromatic carbocycles. The van der Waals surface area contributed by atoms with E-state index in [1.807, 2.05) is 0 Å². The van der Waals surface area contributed by atoms with E-state index in [9.17, 15) is 24.3 Å². The van der Waals surface area contributed by atoms with Crippen LogP contribution in [0.25, 0.3) is 0 Å². The molecule has 1 N–H and O–H groups in total. The number of carbonyl (C=O) groups excluding carboxylic acids is 4. The van der Waals surface area contributed by atoms with Crippen LogP contribution in [-0.2, 0) is 14.4 Å². The van der Waals surface area contributed by atoms with Crippen molar-refractivity contribution in [2.45, 2.75) is 0 Å². The van der Waals surface area contributed by atoms with Gasteiger partial charge in [-0.1, -0.05) is 30.3 Å². The van der Waals surface area contributed by atoms with Gasteiger partial charge in [0.05, 0.1) is 12.5 Å². The summed E-state index contributed by atoms with van der Waals surface area (Å²) in [6.07, 6.45) is 0. The number of para-hydroxylation sites is 1. The number of ketones is 1. The zero-order valence-electron chi connectivity index (χ0n) is 13.0. The minimum atomic E-state index is -1.42. The number of amides is 2. The number of Topliss-reactive ketones (excluding diaryl/α,β-unsaturated/α-hetero) is 1. The number of benzene rings is 2. The number of hydrogen-bond donors (Lipinski definition) is 1. The summed E-state index contributed by atoms with van der Waals surface area (Å²) in [6, 6.07) is 13.9. The van der Waals surface area contributed by atoms with E-state index in [1.165, 1.54) is 29.2 Å². The predicted octanol–water partition coefficient (Wildman–Crippen LogP) is 0.221. The Balaban J connectivity index is 1.74. The number of rotatable bonds is 4. The summed E-state index contributed by atoms with van der Waals surface area (Å²) >= 11 is 0. The number of nitrogens with one attached hydrogen (secondary N) is 1. The fourth-order valence-corrected chi connectivity index (χ4v) is 2.61. The van der Waals surface area contributed by atoms with E-state index in [2.05, 4.69) is 5.32 Å². The van der Waals surface area contributed by atoms with E-state index in [1.54, 1.807) is 30.3 Å². The molecule has 0 bridgehead atoms. The van der Waals surface area contributed by atoms with Crippen molar-refractivity contribution in [2.75, 3.05) is 16.8 Å². The maximum atomic E-state index is 12.4. The van der Waals surface area contributed by atoms with Crippen molar-refractivity contribution in [3.05, 3.63) is 60.2 Å². The van der Waals surface area contributed by atoms with Gasteiger partial charge in [-0.15, -0.1) is 0 Å². The van der Waals surface area contributed by atoms with Gasteiger partial charge in [-0.25, -0.2) is 0 Å². The van der Waals surface area contributed by atoms with Crippen LogP contribution in [0.5, 0.6) is 0 Å². The molecular weight excluding hydrogens is 324 g/mol. The van der Waals surface area contributed by atoms with Gasteiger partial charge in [0.2, 0.25) is 11.8 Å². The molecule has 126 valence electrons. The Morgan fingerprint density at radius 3 is 2.24 bits per heavy atom. The van der Waals surface area contributed by atoms with E-state index in [-0.39, 0.29) is 17.8 Å². The Labute approximate surface area is 142 Å². The number of carboxylic acid groups (broad SMARTS) is 1. The number of anilines is 2. The first kappa shape index (κ1) is 16.4. The first-order valence-electron chi connectivity index (χ1n) is 7.49. The minimum Gasteiger partial charge on any atom is -0.545 e. The highest BCUT2D eigenvalue weighted by molar-refractivity contribution is 6.30. The molecule has 0 saturated carbocycles. The van der Waals surface area contributed by atoms with E-state index in [4.69, 9.17) is 0 Å². The molecule has 3 rings (SSSR count). The van der Waals surface area contributed by atoms with Crippen molar-refractivity contribution >= 4 is 34.9 Å². The van der Waals surface area contributed by atoms with Crippen LogP contribution in [-0.4, -0.2) is 30.1 Å². The lowest BCUT2D eigenvalue weighted by Crippen LogP contribution is -2.34. The SMILES string of the molecule is O=C([O-])c1ccc(NC(=O)[C@H]2C(=O)CN(c3ccccc3)C2=O)cc1. The maximum Gasteiger partial charge on any atom is 0.247 e. The molecule has 2 aromatic rings. The summed E-state index contributed by atoms with van der Waals surface area (Å²) < 4.78 is 0. The number of hydrogen-bond acceptors (Lipinski definition) is 5. The Bertz CT molecular complexity index is 846. The van der Waals surface area contributed by atoms with E-state index < -0.39 is 29.5 Å². The number of carboxylic acids is 1. The molecule has 0 aromatic heterocycles. The first-order chi connectivity index (χ1) is 12.0. The Morgan fingerprint density at radius 1 is 1.00 bits per heavy atom. The lowest BCUT2D eigenvalue weighted by Gasteiger charge is -2.15. The summed E-state index contributed by atoms with van der Waals surface area (Å²) in [4.78, 5) is 48.9. The Morgan fingerprint density at radius 2 is 1.64 bits per heavy atom. The molecule has 0 spiro atoms. The summed E-state index contributed by atoms with van der Waals surface area (Å²) in [5.41, 5.74) is 0.796. The molecule has 25 heavy (non-hydrogen) atoms. The van der Waals surface area contributed by atoms with Crippen molar-refractivity contribution in [1.29, 1.82) is 0 Å². The minimum absolute atomic E-state index is 0.0405. The Hall–Kier alpha value is -3.48. The van der Waals surface area contributed by atoms with Gasteiger partial charge in [0, 0.05) is 11.4 Å². The predicted molar refractivity (Wildman–Crippen MR) is 86.7 cm³/mol. The van der Waals surface area contributed by atoms with Crippen LogP contribution in [0.1, 0.15) is 10.4 Å². The third-order valence-electron chi connectivity index (χ3n) is 3.87. The molecule has 7 nitrogen and oxygen atoms in total. The maximum absolute atomic E-state index is 12.4. The molecule has 0 aliphatic carbocycles. The van der Waals surface area contributed by atoms with Crippen LogP contribution in [0.3, 0.4) is 0 Å². The molecule has 1 fully saturated rings. The quantitative estimate of drug-likeness (QED) is 0.803. The van der Waals surface area contributed by atoms with Crippen LogP contribution >= 0.6 is 0 Å². The van der Waals surface area contributed by atoms with E-state index in [0.29, 0.717) is 5.69 Å². The molecule has 0 unspecified atom stereocenters. The van der Waals surface area contributed by atoms with Crippen molar-refractivity contribution < 1.29 is 24.3 Å². The van der Waals surface area contributed by atoms with E-state index in [0.717, 1.165) is 0 Å². The lowest BCUT2D eigenvalue weighted by atomic mass is 10.1. The third-order valence-corrected chi connectivity index (χ3v) is 3.87. The summed E-state index contributed by atoms with van der Waals surface area (Å²) in [5.74, 6) is -4.56. The van der Waals surface area contributed by atoms with Gasteiger partial charge >= 0.3 is 0 Å².